The third-order valence-corrected chi connectivity index (χ3v) is 8.37. The minimum Gasteiger partial charge on any atom is -0.461 e. The summed E-state index contributed by atoms with van der Waals surface area (Å²) in [7, 11) is 0. The number of benzene rings is 1. The van der Waals surface area contributed by atoms with Gasteiger partial charge in [-0.15, -0.1) is 0 Å². The summed E-state index contributed by atoms with van der Waals surface area (Å²) in [6.45, 7) is 5.96. The molecule has 4 aliphatic heterocycles. The largest absolute Gasteiger partial charge is 0.461 e. The summed E-state index contributed by atoms with van der Waals surface area (Å²) in [4.78, 5) is 45.2. The smallest absolute Gasteiger partial charge is 0.313 e. The molecule has 4 aliphatic rings. The molecule has 0 saturated carbocycles. The first-order valence-corrected chi connectivity index (χ1v) is 13.3. The number of cyclic esters (lactones) is 1. The minimum atomic E-state index is -1.39. The van der Waals surface area contributed by atoms with Gasteiger partial charge in [0.15, 0.2) is 0 Å². The van der Waals surface area contributed by atoms with E-state index in [1.54, 1.807) is 41.3 Å². The zero-order chi connectivity index (χ0) is 26.5. The molecule has 198 valence electrons. The molecule has 5 rings (SSSR count). The first-order valence-electron chi connectivity index (χ1n) is 12.9. The lowest BCUT2D eigenvalue weighted by Gasteiger charge is -2.41. The van der Waals surface area contributed by atoms with E-state index < -0.39 is 41.1 Å². The van der Waals surface area contributed by atoms with Crippen LogP contribution in [0.1, 0.15) is 33.6 Å². The number of nitrogens with zero attached hydrogens (tertiary/aromatic N) is 2. The molecule has 0 bridgehead atoms. The van der Waals surface area contributed by atoms with Crippen molar-refractivity contribution in [1.29, 1.82) is 0 Å². The molecule has 2 amide bonds. The van der Waals surface area contributed by atoms with Crippen LogP contribution >= 0.6 is 11.6 Å². The van der Waals surface area contributed by atoms with Gasteiger partial charge in [-0.2, -0.15) is 0 Å². The molecule has 2 saturated heterocycles. The Morgan fingerprint density at radius 1 is 1.08 bits per heavy atom. The van der Waals surface area contributed by atoms with Crippen LogP contribution in [0, 0.1) is 17.8 Å². The number of amides is 2. The normalized spacial score (nSPS) is 33.7. The van der Waals surface area contributed by atoms with Crippen LogP contribution in [-0.4, -0.2) is 70.8 Å². The highest BCUT2D eigenvalue weighted by molar-refractivity contribution is 6.30. The van der Waals surface area contributed by atoms with E-state index in [1.807, 2.05) is 32.9 Å². The van der Waals surface area contributed by atoms with Crippen molar-refractivity contribution in [2.75, 3.05) is 24.7 Å². The van der Waals surface area contributed by atoms with Crippen molar-refractivity contribution in [3.05, 3.63) is 53.6 Å². The number of aliphatic hydroxyl groups is 1. The fraction of sp³-hybridized carbons (Fsp3) is 0.536. The molecule has 2 fully saturated rings. The van der Waals surface area contributed by atoms with Crippen molar-refractivity contribution < 1.29 is 29.0 Å². The minimum absolute atomic E-state index is 0.104. The fourth-order valence-corrected chi connectivity index (χ4v) is 6.73. The molecule has 4 heterocycles. The van der Waals surface area contributed by atoms with Crippen LogP contribution in [0.3, 0.4) is 0 Å². The van der Waals surface area contributed by atoms with Gasteiger partial charge in [0.25, 0.3) is 5.91 Å². The van der Waals surface area contributed by atoms with Crippen LogP contribution in [0.25, 0.3) is 0 Å². The zero-order valence-corrected chi connectivity index (χ0v) is 22.1. The first kappa shape index (κ1) is 25.9. The van der Waals surface area contributed by atoms with Gasteiger partial charge in [0.05, 0.1) is 18.6 Å². The number of hydrogen-bond acceptors (Lipinski definition) is 6. The molecule has 1 N–H and O–H groups in total. The number of carbonyl (C=O) groups excluding carboxylic acids is 3. The monoisotopic (exact) mass is 528 g/mol. The number of likely N-dealkylation sites (tertiary alicyclic amines) is 1. The molecule has 1 unspecified atom stereocenters. The van der Waals surface area contributed by atoms with E-state index in [0.29, 0.717) is 23.6 Å². The molecule has 1 aromatic rings. The summed E-state index contributed by atoms with van der Waals surface area (Å²) in [5, 5.41) is 10.9. The summed E-state index contributed by atoms with van der Waals surface area (Å²) in [5.41, 5.74) is -1.83. The van der Waals surface area contributed by atoms with Crippen molar-refractivity contribution in [3.63, 3.8) is 0 Å². The molecule has 1 spiro atoms. The van der Waals surface area contributed by atoms with Gasteiger partial charge in [0.2, 0.25) is 5.91 Å². The maximum atomic E-state index is 14.4. The van der Waals surface area contributed by atoms with E-state index in [9.17, 15) is 19.5 Å². The third kappa shape index (κ3) is 3.92. The Bertz CT molecular complexity index is 1150. The van der Waals surface area contributed by atoms with Crippen LogP contribution in [0.2, 0.25) is 5.02 Å². The fourth-order valence-electron chi connectivity index (χ4n) is 6.60. The summed E-state index contributed by atoms with van der Waals surface area (Å²) in [5.74, 6) is -2.91. The van der Waals surface area contributed by atoms with Crippen molar-refractivity contribution in [1.82, 2.24) is 4.90 Å². The number of rotatable bonds is 6. The number of aliphatic hydroxyl groups excluding tert-OH is 1. The first-order chi connectivity index (χ1) is 17.7. The average Bonchev–Trinajstić information content (AvgIpc) is 3.15. The Labute approximate surface area is 221 Å². The van der Waals surface area contributed by atoms with Crippen LogP contribution in [0.15, 0.2) is 48.6 Å². The van der Waals surface area contributed by atoms with Gasteiger partial charge in [-0.1, -0.05) is 50.6 Å². The van der Waals surface area contributed by atoms with E-state index in [2.05, 4.69) is 0 Å². The number of anilines is 1. The summed E-state index contributed by atoms with van der Waals surface area (Å²) in [6, 6.07) is 5.26. The maximum Gasteiger partial charge on any atom is 0.313 e. The third-order valence-electron chi connectivity index (χ3n) is 8.12. The summed E-state index contributed by atoms with van der Waals surface area (Å²) >= 11 is 6.09. The topological polar surface area (TPSA) is 96.4 Å². The molecule has 6 atom stereocenters. The molecule has 0 aliphatic carbocycles. The van der Waals surface area contributed by atoms with Gasteiger partial charge >= 0.3 is 5.97 Å². The number of hydrogen-bond donors (Lipinski definition) is 1. The molecule has 0 radical (unpaired) electrons. The second kappa shape index (κ2) is 9.57. The number of fused-ring (bicyclic) bond motifs is 2. The number of halogens is 1. The molecule has 1 aromatic carbocycles. The van der Waals surface area contributed by atoms with Gasteiger partial charge in [-0.25, -0.2) is 0 Å². The van der Waals surface area contributed by atoms with Crippen molar-refractivity contribution in [2.45, 2.75) is 56.9 Å². The van der Waals surface area contributed by atoms with Gasteiger partial charge in [0, 0.05) is 17.3 Å². The van der Waals surface area contributed by atoms with Gasteiger partial charge in [-0.3, -0.25) is 14.4 Å². The number of esters is 1. The summed E-state index contributed by atoms with van der Waals surface area (Å²) in [6.07, 6.45) is 8.12. The highest BCUT2D eigenvalue weighted by Crippen LogP contribution is 2.59. The quantitative estimate of drug-likeness (QED) is 0.450. The van der Waals surface area contributed by atoms with E-state index in [0.717, 1.165) is 0 Å². The lowest BCUT2D eigenvalue weighted by atomic mass is 9.73. The predicted molar refractivity (Wildman–Crippen MR) is 138 cm³/mol. The molecule has 37 heavy (non-hydrogen) atoms. The Morgan fingerprint density at radius 3 is 2.46 bits per heavy atom. The van der Waals surface area contributed by atoms with Crippen LogP contribution < -0.4 is 4.90 Å². The van der Waals surface area contributed by atoms with E-state index in [1.165, 1.54) is 4.90 Å². The molecule has 9 heteroatoms. The second-order valence-electron chi connectivity index (χ2n) is 10.7. The van der Waals surface area contributed by atoms with Crippen LogP contribution in [0.5, 0.6) is 0 Å². The number of ether oxygens (including phenoxy) is 2. The second-order valence-corrected chi connectivity index (χ2v) is 11.1. The molecular formula is C28H33ClN2O6. The SMILES string of the molecule is CC[C@@]12C=CCOC(=O)[C@@H]1[C@H]1C(=O)N([C@@H](CO)CC(C)C)C3C(=O)N(c4ccc(Cl)cc4)CC=C[C@@]31O2. The Balaban J connectivity index is 1.69. The van der Waals surface area contributed by atoms with Crippen LogP contribution in [-0.2, 0) is 23.9 Å². The maximum absolute atomic E-state index is 14.4. The molecular weight excluding hydrogens is 496 g/mol. The van der Waals surface area contributed by atoms with Crippen molar-refractivity contribution in [2.24, 2.45) is 17.8 Å². The molecule has 0 aromatic heterocycles. The zero-order valence-electron chi connectivity index (χ0n) is 21.3. The van der Waals surface area contributed by atoms with E-state index >= 15 is 0 Å². The van der Waals surface area contributed by atoms with E-state index in [4.69, 9.17) is 21.1 Å². The lowest BCUT2D eigenvalue weighted by molar-refractivity contribution is -0.159. The van der Waals surface area contributed by atoms with Gasteiger partial charge in [-0.05, 0) is 49.1 Å². The van der Waals surface area contributed by atoms with Gasteiger partial charge in [0.1, 0.15) is 29.8 Å². The molecule has 8 nitrogen and oxygen atoms in total. The van der Waals surface area contributed by atoms with Gasteiger partial charge < -0.3 is 24.4 Å². The van der Waals surface area contributed by atoms with Crippen LogP contribution in [0.4, 0.5) is 5.69 Å². The predicted octanol–water partition coefficient (Wildman–Crippen LogP) is 3.12. The lowest BCUT2D eigenvalue weighted by Crippen LogP contribution is -2.59. The van der Waals surface area contributed by atoms with E-state index in [-0.39, 0.29) is 37.5 Å². The Hall–Kier alpha value is -2.68. The summed E-state index contributed by atoms with van der Waals surface area (Å²) < 4.78 is 12.3. The highest BCUT2D eigenvalue weighted by atomic mass is 35.5. The highest BCUT2D eigenvalue weighted by Gasteiger charge is 2.76. The van der Waals surface area contributed by atoms with Crippen molar-refractivity contribution in [3.8, 4) is 0 Å². The Morgan fingerprint density at radius 2 is 1.81 bits per heavy atom. The standard InChI is InChI=1S/C28H33ClN2O6/c1-4-27-11-6-14-36-26(35)22(27)21-24(33)31(20(16-32)15-17(2)3)23-25(34)30(13-5-12-28(21,23)37-27)19-9-7-18(29)8-10-19/h5-12,17,20-23,32H,4,13-16H2,1-3H3/t20-,21+,22+,23?,27-,28+/m1/s1. The van der Waals surface area contributed by atoms with Crippen molar-refractivity contribution >= 4 is 35.1 Å². The average molecular weight is 529 g/mol. The number of carbonyl (C=O) groups is 3. The Kier molecular flexibility index (Phi) is 6.71.